The van der Waals surface area contributed by atoms with Gasteiger partial charge >= 0.3 is 12.1 Å². The zero-order valence-corrected chi connectivity index (χ0v) is 15.1. The van der Waals surface area contributed by atoms with Gasteiger partial charge < -0.3 is 25.2 Å². The summed E-state index contributed by atoms with van der Waals surface area (Å²) in [6.45, 7) is 10.3. The minimum Gasteiger partial charge on any atom is -0.480 e. The monoisotopic (exact) mass is 344 g/mol. The van der Waals surface area contributed by atoms with Gasteiger partial charge in [0.15, 0.2) is 0 Å². The molecule has 8 heteroatoms. The molecule has 1 rings (SSSR count). The number of carboxylic acid groups (broad SMARTS) is 1. The molecule has 3 N–H and O–H groups in total. The molecule has 24 heavy (non-hydrogen) atoms. The predicted molar refractivity (Wildman–Crippen MR) is 86.4 cm³/mol. The predicted octanol–water partition coefficient (Wildman–Crippen LogP) is 0.972. The van der Waals surface area contributed by atoms with Gasteiger partial charge in [0.25, 0.3) is 0 Å². The van der Waals surface area contributed by atoms with Crippen molar-refractivity contribution in [3.63, 3.8) is 0 Å². The van der Waals surface area contributed by atoms with E-state index in [1.165, 1.54) is 0 Å². The van der Waals surface area contributed by atoms with Crippen molar-refractivity contribution >= 4 is 18.0 Å². The molecule has 0 radical (unpaired) electrons. The minimum atomic E-state index is -1.18. The molecule has 3 atom stereocenters. The van der Waals surface area contributed by atoms with Crippen LogP contribution < -0.4 is 5.32 Å². The number of hydrogen-bond donors (Lipinski definition) is 3. The van der Waals surface area contributed by atoms with Crippen LogP contribution in [0.4, 0.5) is 4.79 Å². The Labute approximate surface area is 142 Å². The fraction of sp³-hybridized carbons (Fsp3) is 0.812. The number of ether oxygens (including phenoxy) is 1. The van der Waals surface area contributed by atoms with Gasteiger partial charge in [-0.15, -0.1) is 0 Å². The van der Waals surface area contributed by atoms with Gasteiger partial charge in [-0.1, -0.05) is 20.8 Å². The van der Waals surface area contributed by atoms with Crippen LogP contribution in [0.3, 0.4) is 0 Å². The molecule has 2 amide bonds. The average Bonchev–Trinajstić information content (AvgIpc) is 2.74. The second-order valence-corrected chi connectivity index (χ2v) is 8.18. The van der Waals surface area contributed by atoms with Gasteiger partial charge in [-0.05, 0) is 26.2 Å². The van der Waals surface area contributed by atoms with Crippen LogP contribution in [0.15, 0.2) is 0 Å². The van der Waals surface area contributed by atoms with Crippen LogP contribution in [-0.2, 0) is 14.3 Å². The lowest BCUT2D eigenvalue weighted by atomic mass is 9.85. The summed E-state index contributed by atoms with van der Waals surface area (Å²) in [5, 5.41) is 21.5. The molecule has 1 aliphatic rings. The largest absolute Gasteiger partial charge is 0.480 e. The Bertz CT molecular complexity index is 506. The first-order valence-corrected chi connectivity index (χ1v) is 7.93. The van der Waals surface area contributed by atoms with E-state index in [2.05, 4.69) is 5.32 Å². The third-order valence-electron chi connectivity index (χ3n) is 3.62. The maximum absolute atomic E-state index is 12.8. The van der Waals surface area contributed by atoms with Gasteiger partial charge in [-0.3, -0.25) is 4.79 Å². The van der Waals surface area contributed by atoms with Crippen molar-refractivity contribution in [1.82, 2.24) is 10.2 Å². The van der Waals surface area contributed by atoms with E-state index >= 15 is 0 Å². The van der Waals surface area contributed by atoms with E-state index in [4.69, 9.17) is 4.74 Å². The number of likely N-dealkylation sites (tertiary alicyclic amines) is 1. The Kier molecular flexibility index (Phi) is 5.86. The number of nitrogens with one attached hydrogen (secondary N) is 1. The fourth-order valence-electron chi connectivity index (χ4n) is 2.53. The second kappa shape index (κ2) is 6.96. The highest BCUT2D eigenvalue weighted by Crippen LogP contribution is 2.26. The number of carboxylic acids is 1. The van der Waals surface area contributed by atoms with Crippen molar-refractivity contribution in [2.45, 2.75) is 71.8 Å². The lowest BCUT2D eigenvalue weighted by Crippen LogP contribution is -2.57. The number of amides is 2. The van der Waals surface area contributed by atoms with Crippen molar-refractivity contribution in [3.05, 3.63) is 0 Å². The molecule has 8 nitrogen and oxygen atoms in total. The molecule has 1 heterocycles. The zero-order chi connectivity index (χ0) is 18.9. The summed E-state index contributed by atoms with van der Waals surface area (Å²) in [7, 11) is 0. The highest BCUT2D eigenvalue weighted by Gasteiger charge is 2.44. The summed E-state index contributed by atoms with van der Waals surface area (Å²) in [5.74, 6) is -1.72. The Morgan fingerprint density at radius 3 is 2.12 bits per heavy atom. The number of nitrogens with zero attached hydrogens (tertiary/aromatic N) is 1. The number of carbonyl (C=O) groups excluding carboxylic acids is 2. The highest BCUT2D eigenvalue weighted by molar-refractivity contribution is 5.90. The number of aliphatic hydroxyl groups is 1. The van der Waals surface area contributed by atoms with Crippen molar-refractivity contribution < 1.29 is 29.3 Å². The summed E-state index contributed by atoms with van der Waals surface area (Å²) in [6.07, 6.45) is -1.66. The molecular formula is C16H28N2O6. The van der Waals surface area contributed by atoms with E-state index in [9.17, 15) is 24.6 Å². The van der Waals surface area contributed by atoms with E-state index in [1.54, 1.807) is 41.5 Å². The third kappa shape index (κ3) is 5.36. The standard InChI is InChI=1S/C16H28N2O6/c1-15(2,3)11(17-14(23)24-16(4,5)6)12(20)18-8-9(19)7-10(18)13(21)22/h9-11,19H,7-8H2,1-6H3,(H,17,23)(H,21,22)/t9-,10?,11+/m0/s1. The summed E-state index contributed by atoms with van der Waals surface area (Å²) in [4.78, 5) is 37.3. The van der Waals surface area contributed by atoms with Crippen LogP contribution in [0.2, 0.25) is 0 Å². The summed E-state index contributed by atoms with van der Waals surface area (Å²) < 4.78 is 5.19. The van der Waals surface area contributed by atoms with Crippen molar-refractivity contribution in [3.8, 4) is 0 Å². The first-order valence-electron chi connectivity index (χ1n) is 7.93. The molecule has 0 aromatic heterocycles. The molecule has 1 aliphatic heterocycles. The van der Waals surface area contributed by atoms with Gasteiger partial charge in [0.2, 0.25) is 5.91 Å². The Hall–Kier alpha value is -1.83. The molecule has 0 aromatic rings. The minimum absolute atomic E-state index is 0.0234. The van der Waals surface area contributed by atoms with Crippen LogP contribution in [0.5, 0.6) is 0 Å². The molecular weight excluding hydrogens is 316 g/mol. The molecule has 0 bridgehead atoms. The molecule has 1 saturated heterocycles. The maximum Gasteiger partial charge on any atom is 0.408 e. The average molecular weight is 344 g/mol. The van der Waals surface area contributed by atoms with Crippen molar-refractivity contribution in [2.24, 2.45) is 5.41 Å². The summed E-state index contributed by atoms with van der Waals surface area (Å²) in [5.41, 5.74) is -1.38. The van der Waals surface area contributed by atoms with Gasteiger partial charge in [0, 0.05) is 13.0 Å². The van der Waals surface area contributed by atoms with Gasteiger partial charge in [0.1, 0.15) is 17.7 Å². The Morgan fingerprint density at radius 2 is 1.71 bits per heavy atom. The van der Waals surface area contributed by atoms with Gasteiger partial charge in [-0.25, -0.2) is 9.59 Å². The van der Waals surface area contributed by atoms with E-state index in [1.807, 2.05) is 0 Å². The first kappa shape index (κ1) is 20.2. The normalized spacial score (nSPS) is 22.9. The number of alkyl carbamates (subject to hydrolysis) is 1. The van der Waals surface area contributed by atoms with Crippen LogP contribution in [0.25, 0.3) is 0 Å². The van der Waals surface area contributed by atoms with Crippen LogP contribution >= 0.6 is 0 Å². The highest BCUT2D eigenvalue weighted by atomic mass is 16.6. The second-order valence-electron chi connectivity index (χ2n) is 8.18. The topological polar surface area (TPSA) is 116 Å². The van der Waals surface area contributed by atoms with Crippen LogP contribution in [0, 0.1) is 5.41 Å². The molecule has 1 unspecified atom stereocenters. The quantitative estimate of drug-likeness (QED) is 0.702. The molecule has 0 saturated carbocycles. The lowest BCUT2D eigenvalue weighted by Gasteiger charge is -2.35. The van der Waals surface area contributed by atoms with E-state index < -0.39 is 47.2 Å². The van der Waals surface area contributed by atoms with Crippen LogP contribution in [0.1, 0.15) is 48.0 Å². The van der Waals surface area contributed by atoms with Crippen molar-refractivity contribution in [1.29, 1.82) is 0 Å². The summed E-state index contributed by atoms with van der Waals surface area (Å²) >= 11 is 0. The maximum atomic E-state index is 12.8. The fourth-order valence-corrected chi connectivity index (χ4v) is 2.53. The SMILES string of the molecule is CC(C)(C)OC(=O)N[C@H](C(=O)N1C[C@@H](O)CC1C(=O)O)C(C)(C)C. The van der Waals surface area contributed by atoms with Gasteiger partial charge in [0.05, 0.1) is 6.10 Å². The Morgan fingerprint density at radius 1 is 1.17 bits per heavy atom. The van der Waals surface area contributed by atoms with Gasteiger partial charge in [-0.2, -0.15) is 0 Å². The van der Waals surface area contributed by atoms with E-state index in [0.29, 0.717) is 0 Å². The molecule has 0 aromatic carbocycles. The number of aliphatic hydroxyl groups excluding tert-OH is 1. The zero-order valence-electron chi connectivity index (χ0n) is 15.1. The molecule has 0 aliphatic carbocycles. The number of rotatable bonds is 3. The van der Waals surface area contributed by atoms with E-state index in [0.717, 1.165) is 4.90 Å². The molecule has 138 valence electrons. The Balaban J connectivity index is 2.98. The first-order chi connectivity index (χ1) is 10.7. The van der Waals surface area contributed by atoms with Crippen LogP contribution in [-0.4, -0.2) is 63.4 Å². The van der Waals surface area contributed by atoms with E-state index in [-0.39, 0.29) is 13.0 Å². The lowest BCUT2D eigenvalue weighted by molar-refractivity contribution is -0.150. The molecule has 1 fully saturated rings. The number of aliphatic carboxylic acids is 1. The number of carbonyl (C=O) groups is 3. The van der Waals surface area contributed by atoms with Crippen molar-refractivity contribution in [2.75, 3.05) is 6.54 Å². The third-order valence-corrected chi connectivity index (χ3v) is 3.62. The smallest absolute Gasteiger partial charge is 0.408 e. The number of β-amino-alcohol motifs (C(OH)–C–C–N with tert-alkyl or cyclic N) is 1. The molecule has 0 spiro atoms. The summed E-state index contributed by atoms with van der Waals surface area (Å²) in [6, 6.07) is -2.07. The number of hydrogen-bond acceptors (Lipinski definition) is 5.